The number of carbonyl (C=O) groups excluding carboxylic acids is 1. The van der Waals surface area contributed by atoms with E-state index in [1.807, 2.05) is 0 Å². The molecule has 0 aromatic heterocycles. The maximum absolute atomic E-state index is 11.8. The number of amides is 1. The summed E-state index contributed by atoms with van der Waals surface area (Å²) in [7, 11) is 0. The number of nitrogens with one attached hydrogen (secondary N) is 1. The average molecular weight is 227 g/mol. The number of rotatable bonds is 3. The van der Waals surface area contributed by atoms with Crippen molar-refractivity contribution in [2.24, 2.45) is 11.3 Å². The van der Waals surface area contributed by atoms with Crippen molar-refractivity contribution in [2.45, 2.75) is 52.5 Å². The van der Waals surface area contributed by atoms with Crippen molar-refractivity contribution in [1.29, 1.82) is 0 Å². The monoisotopic (exact) mass is 227 g/mol. The quantitative estimate of drug-likeness (QED) is 0.722. The van der Waals surface area contributed by atoms with Gasteiger partial charge in [0, 0.05) is 6.04 Å². The van der Waals surface area contributed by atoms with Crippen LogP contribution in [0, 0.1) is 11.3 Å². The van der Waals surface area contributed by atoms with Crippen molar-refractivity contribution in [2.75, 3.05) is 0 Å². The second-order valence-electron chi connectivity index (χ2n) is 5.27. The Morgan fingerprint density at radius 2 is 1.81 bits per heavy atom. The fraction of sp³-hybridized carbons (Fsp3) is 0.833. The van der Waals surface area contributed by atoms with Crippen LogP contribution in [-0.2, 0) is 9.59 Å². The molecule has 1 rings (SSSR count). The maximum atomic E-state index is 11.8. The van der Waals surface area contributed by atoms with Crippen LogP contribution in [0.1, 0.15) is 46.5 Å². The maximum Gasteiger partial charge on any atom is 0.318 e. The van der Waals surface area contributed by atoms with Crippen LogP contribution >= 0.6 is 0 Å². The highest BCUT2D eigenvalue weighted by Gasteiger charge is 2.37. The largest absolute Gasteiger partial charge is 0.480 e. The van der Waals surface area contributed by atoms with E-state index in [9.17, 15) is 9.59 Å². The van der Waals surface area contributed by atoms with Crippen LogP contribution in [-0.4, -0.2) is 23.0 Å². The lowest BCUT2D eigenvalue weighted by atomic mass is 9.84. The van der Waals surface area contributed by atoms with Gasteiger partial charge in [-0.1, -0.05) is 19.8 Å². The Morgan fingerprint density at radius 1 is 1.25 bits per heavy atom. The molecule has 92 valence electrons. The number of hydrogen-bond acceptors (Lipinski definition) is 2. The third-order valence-corrected chi connectivity index (χ3v) is 3.53. The Labute approximate surface area is 96.4 Å². The molecule has 0 aromatic carbocycles. The van der Waals surface area contributed by atoms with E-state index in [1.165, 1.54) is 20.3 Å². The van der Waals surface area contributed by atoms with E-state index in [1.54, 1.807) is 0 Å². The summed E-state index contributed by atoms with van der Waals surface area (Å²) in [4.78, 5) is 22.8. The van der Waals surface area contributed by atoms with Crippen molar-refractivity contribution in [1.82, 2.24) is 5.32 Å². The molecule has 1 saturated carbocycles. The molecule has 0 spiro atoms. The highest BCUT2D eigenvalue weighted by molar-refractivity contribution is 6.01. The van der Waals surface area contributed by atoms with Gasteiger partial charge in [-0.3, -0.25) is 9.59 Å². The molecule has 1 aliphatic carbocycles. The van der Waals surface area contributed by atoms with Gasteiger partial charge in [0.15, 0.2) is 0 Å². The van der Waals surface area contributed by atoms with Crippen LogP contribution in [0.5, 0.6) is 0 Å². The lowest BCUT2D eigenvalue weighted by molar-refractivity contribution is -0.153. The van der Waals surface area contributed by atoms with Gasteiger partial charge >= 0.3 is 5.97 Å². The van der Waals surface area contributed by atoms with Crippen LogP contribution in [0.4, 0.5) is 0 Å². The molecule has 4 heteroatoms. The Hall–Kier alpha value is -1.06. The summed E-state index contributed by atoms with van der Waals surface area (Å²) in [5.41, 5.74) is -1.34. The number of carboxylic acid groups (broad SMARTS) is 1. The predicted molar refractivity (Wildman–Crippen MR) is 61.0 cm³/mol. The first-order valence-electron chi connectivity index (χ1n) is 5.90. The molecule has 0 aliphatic heterocycles. The first-order chi connectivity index (χ1) is 7.35. The van der Waals surface area contributed by atoms with Gasteiger partial charge in [0.1, 0.15) is 5.41 Å². The lowest BCUT2D eigenvalue weighted by Crippen LogP contribution is -2.49. The highest BCUT2D eigenvalue weighted by Crippen LogP contribution is 2.25. The smallest absolute Gasteiger partial charge is 0.318 e. The second kappa shape index (κ2) is 4.85. The summed E-state index contributed by atoms with van der Waals surface area (Å²) < 4.78 is 0. The fourth-order valence-electron chi connectivity index (χ4n) is 1.98. The molecule has 1 amide bonds. The van der Waals surface area contributed by atoms with Crippen molar-refractivity contribution < 1.29 is 14.7 Å². The van der Waals surface area contributed by atoms with Crippen molar-refractivity contribution >= 4 is 11.9 Å². The summed E-state index contributed by atoms with van der Waals surface area (Å²) in [6.07, 6.45) is 4.39. The van der Waals surface area contributed by atoms with Gasteiger partial charge < -0.3 is 10.4 Å². The molecule has 2 atom stereocenters. The summed E-state index contributed by atoms with van der Waals surface area (Å²) in [5, 5.41) is 11.8. The van der Waals surface area contributed by atoms with E-state index in [0.29, 0.717) is 5.92 Å². The molecule has 0 heterocycles. The SMILES string of the molecule is CC1CCCCC1NC(=O)C(C)(C)C(=O)O. The summed E-state index contributed by atoms with van der Waals surface area (Å²) in [6, 6.07) is 0.139. The Morgan fingerprint density at radius 3 is 2.31 bits per heavy atom. The van der Waals surface area contributed by atoms with Gasteiger partial charge in [-0.25, -0.2) is 0 Å². The first-order valence-corrected chi connectivity index (χ1v) is 5.90. The third-order valence-electron chi connectivity index (χ3n) is 3.53. The molecule has 16 heavy (non-hydrogen) atoms. The molecule has 2 N–H and O–H groups in total. The number of carboxylic acids is 1. The zero-order chi connectivity index (χ0) is 12.3. The summed E-state index contributed by atoms with van der Waals surface area (Å²) in [5.74, 6) is -1.01. The predicted octanol–water partition coefficient (Wildman–Crippen LogP) is 1.79. The standard InChI is InChI=1S/C12H21NO3/c1-8-6-4-5-7-9(8)13-10(14)12(2,3)11(15)16/h8-9H,4-7H2,1-3H3,(H,13,14)(H,15,16). The third kappa shape index (κ3) is 2.74. The van der Waals surface area contributed by atoms with Gasteiger partial charge in [-0.05, 0) is 32.6 Å². The Bertz CT molecular complexity index is 286. The summed E-state index contributed by atoms with van der Waals surface area (Å²) in [6.45, 7) is 4.99. The minimum absolute atomic E-state index is 0.139. The van der Waals surface area contributed by atoms with Gasteiger partial charge in [0.2, 0.25) is 5.91 Å². The number of aliphatic carboxylic acids is 1. The van der Waals surface area contributed by atoms with Crippen LogP contribution in [0.3, 0.4) is 0 Å². The van der Waals surface area contributed by atoms with Crippen LogP contribution in [0.15, 0.2) is 0 Å². The molecule has 4 nitrogen and oxygen atoms in total. The van der Waals surface area contributed by atoms with Crippen LogP contribution in [0.2, 0.25) is 0 Å². The first kappa shape index (κ1) is 13.0. The minimum atomic E-state index is -1.34. The summed E-state index contributed by atoms with van der Waals surface area (Å²) >= 11 is 0. The van der Waals surface area contributed by atoms with E-state index in [2.05, 4.69) is 12.2 Å². The molecule has 0 aromatic rings. The topological polar surface area (TPSA) is 66.4 Å². The second-order valence-corrected chi connectivity index (χ2v) is 5.27. The number of carbonyl (C=O) groups is 2. The van der Waals surface area contributed by atoms with Crippen LogP contribution in [0.25, 0.3) is 0 Å². The van der Waals surface area contributed by atoms with Crippen molar-refractivity contribution in [3.8, 4) is 0 Å². The molecule has 2 unspecified atom stereocenters. The molecular weight excluding hydrogens is 206 g/mol. The van der Waals surface area contributed by atoms with E-state index in [4.69, 9.17) is 5.11 Å². The molecular formula is C12H21NO3. The molecule has 1 aliphatic rings. The van der Waals surface area contributed by atoms with Gasteiger partial charge in [0.05, 0.1) is 0 Å². The minimum Gasteiger partial charge on any atom is -0.480 e. The zero-order valence-electron chi connectivity index (χ0n) is 10.2. The highest BCUT2D eigenvalue weighted by atomic mass is 16.4. The molecule has 0 bridgehead atoms. The zero-order valence-corrected chi connectivity index (χ0v) is 10.2. The van der Waals surface area contributed by atoms with E-state index in [0.717, 1.165) is 19.3 Å². The molecule has 1 fully saturated rings. The van der Waals surface area contributed by atoms with E-state index < -0.39 is 11.4 Å². The molecule has 0 saturated heterocycles. The fourth-order valence-corrected chi connectivity index (χ4v) is 1.98. The Kier molecular flexibility index (Phi) is 3.94. The van der Waals surface area contributed by atoms with E-state index in [-0.39, 0.29) is 11.9 Å². The van der Waals surface area contributed by atoms with Crippen LogP contribution < -0.4 is 5.32 Å². The molecule has 0 radical (unpaired) electrons. The lowest BCUT2D eigenvalue weighted by Gasteiger charge is -2.31. The van der Waals surface area contributed by atoms with E-state index >= 15 is 0 Å². The van der Waals surface area contributed by atoms with Gasteiger partial charge in [-0.2, -0.15) is 0 Å². The van der Waals surface area contributed by atoms with Gasteiger partial charge in [-0.15, -0.1) is 0 Å². The normalized spacial score (nSPS) is 26.2. The Balaban J connectivity index is 2.59. The van der Waals surface area contributed by atoms with Crippen molar-refractivity contribution in [3.63, 3.8) is 0 Å². The van der Waals surface area contributed by atoms with Gasteiger partial charge in [0.25, 0.3) is 0 Å². The average Bonchev–Trinajstić information content (AvgIpc) is 2.21. The van der Waals surface area contributed by atoms with Crippen molar-refractivity contribution in [3.05, 3.63) is 0 Å². The number of hydrogen-bond donors (Lipinski definition) is 2.